The highest BCUT2D eigenvalue weighted by Crippen LogP contribution is 2.37. The number of nitrogens with one attached hydrogen (secondary N) is 1. The third-order valence-corrected chi connectivity index (χ3v) is 3.07. The van der Waals surface area contributed by atoms with E-state index in [1.54, 1.807) is 0 Å². The third kappa shape index (κ3) is 1.26. The molecule has 70 valence electrons. The van der Waals surface area contributed by atoms with Crippen LogP contribution in [0.1, 0.15) is 0 Å². The Balaban J connectivity index is 2.06. The maximum absolute atomic E-state index is 5.55. The van der Waals surface area contributed by atoms with Crippen LogP contribution in [0.15, 0.2) is 0 Å². The van der Waals surface area contributed by atoms with Crippen LogP contribution in [0.25, 0.3) is 0 Å². The molecule has 3 heteroatoms. The quantitative estimate of drug-likeness (QED) is 0.620. The van der Waals surface area contributed by atoms with Gasteiger partial charge in [0.25, 0.3) is 0 Å². The predicted molar refractivity (Wildman–Crippen MR) is 48.2 cm³/mol. The lowest BCUT2D eigenvalue weighted by Crippen LogP contribution is -2.39. The van der Waals surface area contributed by atoms with E-state index in [4.69, 9.17) is 4.74 Å². The molecule has 0 aliphatic carbocycles. The largest absolute Gasteiger partial charge is 0.380 e. The summed E-state index contributed by atoms with van der Waals surface area (Å²) in [6.07, 6.45) is 0. The molecule has 2 rings (SSSR count). The van der Waals surface area contributed by atoms with Crippen molar-refractivity contribution < 1.29 is 4.74 Å². The lowest BCUT2D eigenvalue weighted by molar-refractivity contribution is 0.132. The highest BCUT2D eigenvalue weighted by molar-refractivity contribution is 4.99. The Bertz CT molecular complexity index is 160. The van der Waals surface area contributed by atoms with Crippen molar-refractivity contribution in [1.29, 1.82) is 0 Å². The monoisotopic (exact) mass is 170 g/mol. The standard InChI is InChI=1S/C9H18N2O/c1-11(2)6-9-5-10-3-8(9)4-12-7-9/h8,10H,3-7H2,1-2H3. The van der Waals surface area contributed by atoms with Gasteiger partial charge in [-0.25, -0.2) is 0 Å². The predicted octanol–water partition coefficient (Wildman–Crippen LogP) is -0.216. The molecule has 2 saturated heterocycles. The van der Waals surface area contributed by atoms with Crippen LogP contribution in [0, 0.1) is 11.3 Å². The van der Waals surface area contributed by atoms with Gasteiger partial charge in [-0.2, -0.15) is 0 Å². The van der Waals surface area contributed by atoms with E-state index in [1.807, 2.05) is 0 Å². The maximum Gasteiger partial charge on any atom is 0.0551 e. The SMILES string of the molecule is CN(C)CC12CNCC1COC2. The second-order valence-electron chi connectivity index (χ2n) is 4.44. The fraction of sp³-hybridized carbons (Fsp3) is 1.00. The Hall–Kier alpha value is -0.120. The number of hydrogen-bond donors (Lipinski definition) is 1. The van der Waals surface area contributed by atoms with Gasteiger partial charge in [0.05, 0.1) is 13.2 Å². The summed E-state index contributed by atoms with van der Waals surface area (Å²) in [5, 5.41) is 3.46. The molecule has 2 heterocycles. The van der Waals surface area contributed by atoms with Crippen LogP contribution in [0.5, 0.6) is 0 Å². The van der Waals surface area contributed by atoms with Gasteiger partial charge in [-0.3, -0.25) is 0 Å². The molecule has 2 aliphatic rings. The molecule has 2 aliphatic heterocycles. The zero-order valence-corrected chi connectivity index (χ0v) is 7.97. The first kappa shape index (κ1) is 8.48. The minimum atomic E-state index is 0.420. The molecule has 0 spiro atoms. The zero-order chi connectivity index (χ0) is 8.60. The number of hydrogen-bond acceptors (Lipinski definition) is 3. The molecule has 0 bridgehead atoms. The van der Waals surface area contributed by atoms with Gasteiger partial charge in [0.2, 0.25) is 0 Å². The molecular weight excluding hydrogens is 152 g/mol. The van der Waals surface area contributed by atoms with E-state index in [0.717, 1.165) is 38.8 Å². The van der Waals surface area contributed by atoms with Crippen LogP contribution in [-0.2, 0) is 4.74 Å². The second-order valence-corrected chi connectivity index (χ2v) is 4.44. The first-order valence-corrected chi connectivity index (χ1v) is 4.66. The van der Waals surface area contributed by atoms with Crippen LogP contribution in [0.3, 0.4) is 0 Å². The van der Waals surface area contributed by atoms with Gasteiger partial charge >= 0.3 is 0 Å². The summed E-state index contributed by atoms with van der Waals surface area (Å²) in [6, 6.07) is 0. The zero-order valence-electron chi connectivity index (χ0n) is 7.97. The Kier molecular flexibility index (Phi) is 2.10. The summed E-state index contributed by atoms with van der Waals surface area (Å²) in [4.78, 5) is 2.27. The average molecular weight is 170 g/mol. The molecular formula is C9H18N2O. The lowest BCUT2D eigenvalue weighted by Gasteiger charge is -2.29. The average Bonchev–Trinajstić information content (AvgIpc) is 2.42. The van der Waals surface area contributed by atoms with Crippen LogP contribution < -0.4 is 5.32 Å². The van der Waals surface area contributed by atoms with E-state index in [9.17, 15) is 0 Å². The van der Waals surface area contributed by atoms with Crippen molar-refractivity contribution in [3.63, 3.8) is 0 Å². The summed E-state index contributed by atoms with van der Waals surface area (Å²) >= 11 is 0. The number of rotatable bonds is 2. The van der Waals surface area contributed by atoms with E-state index in [0.29, 0.717) is 5.41 Å². The first-order chi connectivity index (χ1) is 5.73. The molecule has 2 unspecified atom stereocenters. The summed E-state index contributed by atoms with van der Waals surface area (Å²) in [7, 11) is 4.28. The summed E-state index contributed by atoms with van der Waals surface area (Å²) in [5.74, 6) is 0.750. The topological polar surface area (TPSA) is 24.5 Å². The van der Waals surface area contributed by atoms with Crippen molar-refractivity contribution in [3.05, 3.63) is 0 Å². The fourth-order valence-corrected chi connectivity index (χ4v) is 2.53. The minimum Gasteiger partial charge on any atom is -0.380 e. The lowest BCUT2D eigenvalue weighted by atomic mass is 9.81. The van der Waals surface area contributed by atoms with Crippen molar-refractivity contribution in [2.75, 3.05) is 46.9 Å². The Morgan fingerprint density at radius 3 is 3.17 bits per heavy atom. The van der Waals surface area contributed by atoms with Crippen molar-refractivity contribution in [1.82, 2.24) is 10.2 Å². The molecule has 2 fully saturated rings. The van der Waals surface area contributed by atoms with Gasteiger partial charge in [0.1, 0.15) is 0 Å². The summed E-state index contributed by atoms with van der Waals surface area (Å²) < 4.78 is 5.55. The van der Waals surface area contributed by atoms with E-state index < -0.39 is 0 Å². The highest BCUT2D eigenvalue weighted by Gasteiger charge is 2.47. The van der Waals surface area contributed by atoms with Crippen LogP contribution in [-0.4, -0.2) is 51.8 Å². The smallest absolute Gasteiger partial charge is 0.0551 e. The van der Waals surface area contributed by atoms with Crippen molar-refractivity contribution >= 4 is 0 Å². The van der Waals surface area contributed by atoms with Gasteiger partial charge in [-0.1, -0.05) is 0 Å². The van der Waals surface area contributed by atoms with Crippen molar-refractivity contribution in [2.45, 2.75) is 0 Å². The number of ether oxygens (including phenoxy) is 1. The van der Waals surface area contributed by atoms with Crippen molar-refractivity contribution in [2.24, 2.45) is 11.3 Å². The normalized spacial score (nSPS) is 40.8. The third-order valence-electron chi connectivity index (χ3n) is 3.07. The van der Waals surface area contributed by atoms with E-state index in [1.165, 1.54) is 0 Å². The van der Waals surface area contributed by atoms with Gasteiger partial charge in [0, 0.05) is 31.0 Å². The van der Waals surface area contributed by atoms with E-state index >= 15 is 0 Å². The van der Waals surface area contributed by atoms with Gasteiger partial charge < -0.3 is 15.0 Å². The Morgan fingerprint density at radius 2 is 2.42 bits per heavy atom. The van der Waals surface area contributed by atoms with Crippen LogP contribution >= 0.6 is 0 Å². The molecule has 0 amide bonds. The van der Waals surface area contributed by atoms with Crippen LogP contribution in [0.4, 0.5) is 0 Å². The molecule has 0 aromatic rings. The summed E-state index contributed by atoms with van der Waals surface area (Å²) in [5.41, 5.74) is 0.420. The molecule has 0 aromatic heterocycles. The minimum absolute atomic E-state index is 0.420. The Morgan fingerprint density at radius 1 is 1.58 bits per heavy atom. The fourth-order valence-electron chi connectivity index (χ4n) is 2.53. The molecule has 0 radical (unpaired) electrons. The van der Waals surface area contributed by atoms with Gasteiger partial charge in [-0.15, -0.1) is 0 Å². The first-order valence-electron chi connectivity index (χ1n) is 4.66. The molecule has 2 atom stereocenters. The number of nitrogens with zero attached hydrogens (tertiary/aromatic N) is 1. The molecule has 1 N–H and O–H groups in total. The Labute approximate surface area is 74.1 Å². The molecule has 3 nitrogen and oxygen atoms in total. The molecule has 0 saturated carbocycles. The highest BCUT2D eigenvalue weighted by atomic mass is 16.5. The van der Waals surface area contributed by atoms with Gasteiger partial charge in [0.15, 0.2) is 0 Å². The molecule has 12 heavy (non-hydrogen) atoms. The molecule has 0 aromatic carbocycles. The van der Waals surface area contributed by atoms with Gasteiger partial charge in [-0.05, 0) is 14.1 Å². The van der Waals surface area contributed by atoms with E-state index in [2.05, 4.69) is 24.3 Å². The maximum atomic E-state index is 5.55. The van der Waals surface area contributed by atoms with Crippen molar-refractivity contribution in [3.8, 4) is 0 Å². The number of fused-ring (bicyclic) bond motifs is 1. The second kappa shape index (κ2) is 2.98. The van der Waals surface area contributed by atoms with Crippen LogP contribution in [0.2, 0.25) is 0 Å². The van der Waals surface area contributed by atoms with E-state index in [-0.39, 0.29) is 0 Å². The summed E-state index contributed by atoms with van der Waals surface area (Å²) in [6.45, 7) is 5.35.